The van der Waals surface area contributed by atoms with Gasteiger partial charge in [0.15, 0.2) is 0 Å². The third-order valence-corrected chi connectivity index (χ3v) is 3.57. The maximum atomic E-state index is 4.61. The molecule has 3 nitrogen and oxygen atoms in total. The highest BCUT2D eigenvalue weighted by Crippen LogP contribution is 2.16. The molecule has 0 radical (unpaired) electrons. The van der Waals surface area contributed by atoms with Crippen LogP contribution in [0.5, 0.6) is 0 Å². The van der Waals surface area contributed by atoms with E-state index in [0.717, 1.165) is 34.6 Å². The molecule has 19 heavy (non-hydrogen) atoms. The van der Waals surface area contributed by atoms with E-state index in [4.69, 9.17) is 0 Å². The van der Waals surface area contributed by atoms with E-state index in [1.165, 1.54) is 11.1 Å². The van der Waals surface area contributed by atoms with Gasteiger partial charge in [0.05, 0.1) is 3.57 Å². The Balaban J connectivity index is 2.16. The predicted octanol–water partition coefficient (Wildman–Crippen LogP) is 3.80. The minimum atomic E-state index is 0.777. The van der Waals surface area contributed by atoms with Crippen molar-refractivity contribution in [3.05, 3.63) is 51.0 Å². The summed E-state index contributed by atoms with van der Waals surface area (Å²) in [5, 5.41) is 3.34. The molecule has 0 atom stereocenters. The predicted molar refractivity (Wildman–Crippen MR) is 87.5 cm³/mol. The molecule has 0 amide bonds. The van der Waals surface area contributed by atoms with Gasteiger partial charge in [-0.1, -0.05) is 36.8 Å². The molecule has 0 bridgehead atoms. The third kappa shape index (κ3) is 4.16. The molecule has 0 saturated heterocycles. The molecule has 0 saturated carbocycles. The molecule has 100 valence electrons. The van der Waals surface area contributed by atoms with E-state index in [-0.39, 0.29) is 0 Å². The van der Waals surface area contributed by atoms with Crippen molar-refractivity contribution in [3.8, 4) is 0 Å². The van der Waals surface area contributed by atoms with E-state index >= 15 is 0 Å². The molecule has 2 aromatic rings. The molecule has 0 fully saturated rings. The van der Waals surface area contributed by atoms with Gasteiger partial charge >= 0.3 is 0 Å². The Morgan fingerprint density at radius 3 is 2.89 bits per heavy atom. The second kappa shape index (κ2) is 6.84. The molecule has 1 aromatic carbocycles. The fourth-order valence-electron chi connectivity index (χ4n) is 1.86. The summed E-state index contributed by atoms with van der Waals surface area (Å²) < 4.78 is 1.07. The molecule has 1 N–H and O–H groups in total. The monoisotopic (exact) mass is 367 g/mol. The number of aromatic nitrogens is 2. The van der Waals surface area contributed by atoms with Crippen molar-refractivity contribution in [3.63, 3.8) is 0 Å². The first-order valence-electron chi connectivity index (χ1n) is 6.50. The van der Waals surface area contributed by atoms with Crippen LogP contribution in [-0.2, 0) is 6.42 Å². The molecular formula is C15H18IN3. The van der Waals surface area contributed by atoms with Crippen molar-refractivity contribution in [1.82, 2.24) is 9.97 Å². The van der Waals surface area contributed by atoms with Gasteiger partial charge in [0, 0.05) is 19.2 Å². The summed E-state index contributed by atoms with van der Waals surface area (Å²) in [6.45, 7) is 5.19. The Bertz CT molecular complexity index is 555. The first kappa shape index (κ1) is 14.2. The lowest BCUT2D eigenvalue weighted by molar-refractivity contribution is 0.926. The largest absolute Gasteiger partial charge is 0.369 e. The van der Waals surface area contributed by atoms with E-state index in [1.54, 1.807) is 0 Å². The molecular weight excluding hydrogens is 349 g/mol. The minimum absolute atomic E-state index is 0.777. The van der Waals surface area contributed by atoms with Gasteiger partial charge in [0.25, 0.3) is 0 Å². The summed E-state index contributed by atoms with van der Waals surface area (Å²) in [6.07, 6.45) is 3.75. The van der Waals surface area contributed by atoms with Crippen molar-refractivity contribution < 1.29 is 0 Å². The topological polar surface area (TPSA) is 37.8 Å². The first-order chi connectivity index (χ1) is 9.19. The van der Waals surface area contributed by atoms with Gasteiger partial charge in [-0.3, -0.25) is 0 Å². The van der Waals surface area contributed by atoms with Crippen molar-refractivity contribution >= 4 is 28.4 Å². The maximum Gasteiger partial charge on any atom is 0.143 e. The molecule has 0 spiro atoms. The van der Waals surface area contributed by atoms with Crippen molar-refractivity contribution in [2.75, 3.05) is 11.9 Å². The molecule has 4 heteroatoms. The van der Waals surface area contributed by atoms with Gasteiger partial charge in [0.1, 0.15) is 11.6 Å². The fourth-order valence-corrected chi connectivity index (χ4v) is 2.31. The smallest absolute Gasteiger partial charge is 0.143 e. The molecule has 1 heterocycles. The SMILES string of the molecule is CCCNc1nc(Cc2cccc(C)c2)ncc1I. The zero-order chi connectivity index (χ0) is 13.7. The number of halogens is 1. The quantitative estimate of drug-likeness (QED) is 0.817. The van der Waals surface area contributed by atoms with Crippen LogP contribution in [0.25, 0.3) is 0 Å². The average molecular weight is 367 g/mol. The zero-order valence-electron chi connectivity index (χ0n) is 11.3. The van der Waals surface area contributed by atoms with Gasteiger partial charge in [-0.15, -0.1) is 0 Å². The Morgan fingerprint density at radius 2 is 2.16 bits per heavy atom. The van der Waals surface area contributed by atoms with E-state index in [9.17, 15) is 0 Å². The van der Waals surface area contributed by atoms with Gasteiger partial charge in [0.2, 0.25) is 0 Å². The van der Waals surface area contributed by atoms with Crippen LogP contribution >= 0.6 is 22.6 Å². The van der Waals surface area contributed by atoms with Gasteiger partial charge in [-0.25, -0.2) is 9.97 Å². The number of nitrogens with zero attached hydrogens (tertiary/aromatic N) is 2. The number of hydrogen-bond acceptors (Lipinski definition) is 3. The normalized spacial score (nSPS) is 10.5. The summed E-state index contributed by atoms with van der Waals surface area (Å²) in [4.78, 5) is 9.02. The molecule has 0 aliphatic rings. The van der Waals surface area contributed by atoms with E-state index in [1.807, 2.05) is 6.20 Å². The van der Waals surface area contributed by atoms with Gasteiger partial charge < -0.3 is 5.32 Å². The number of anilines is 1. The number of benzene rings is 1. The maximum absolute atomic E-state index is 4.61. The summed E-state index contributed by atoms with van der Waals surface area (Å²) in [5.41, 5.74) is 2.52. The molecule has 1 aromatic heterocycles. The van der Waals surface area contributed by atoms with Crippen LogP contribution in [0.2, 0.25) is 0 Å². The summed E-state index contributed by atoms with van der Waals surface area (Å²) in [6, 6.07) is 8.48. The lowest BCUT2D eigenvalue weighted by Crippen LogP contribution is -2.07. The standard InChI is InChI=1S/C15H18IN3/c1-3-7-17-15-13(16)10-18-14(19-15)9-12-6-4-5-11(2)8-12/h4-6,8,10H,3,7,9H2,1-2H3,(H,17,18,19). The Kier molecular flexibility index (Phi) is 5.13. The zero-order valence-corrected chi connectivity index (χ0v) is 13.4. The first-order valence-corrected chi connectivity index (χ1v) is 7.57. The molecule has 0 unspecified atom stereocenters. The van der Waals surface area contributed by atoms with Crippen molar-refractivity contribution in [2.24, 2.45) is 0 Å². The number of hydrogen-bond donors (Lipinski definition) is 1. The summed E-state index contributed by atoms with van der Waals surface area (Å²) in [7, 11) is 0. The molecule has 0 aliphatic heterocycles. The van der Waals surface area contributed by atoms with Crippen LogP contribution in [0.3, 0.4) is 0 Å². The highest BCUT2D eigenvalue weighted by molar-refractivity contribution is 14.1. The number of nitrogens with one attached hydrogen (secondary N) is 1. The lowest BCUT2D eigenvalue weighted by Gasteiger charge is -2.08. The highest BCUT2D eigenvalue weighted by Gasteiger charge is 2.05. The van der Waals surface area contributed by atoms with Crippen LogP contribution in [0, 0.1) is 10.5 Å². The fraction of sp³-hybridized carbons (Fsp3) is 0.333. The summed E-state index contributed by atoms with van der Waals surface area (Å²) in [5.74, 6) is 1.81. The van der Waals surface area contributed by atoms with Crippen LogP contribution < -0.4 is 5.32 Å². The van der Waals surface area contributed by atoms with Crippen LogP contribution in [0.1, 0.15) is 30.3 Å². The second-order valence-electron chi connectivity index (χ2n) is 4.58. The van der Waals surface area contributed by atoms with E-state index in [0.29, 0.717) is 0 Å². The second-order valence-corrected chi connectivity index (χ2v) is 5.74. The molecule has 0 aliphatic carbocycles. The Labute approximate surface area is 128 Å². The van der Waals surface area contributed by atoms with E-state index in [2.05, 4.69) is 76.0 Å². The average Bonchev–Trinajstić information content (AvgIpc) is 2.39. The van der Waals surface area contributed by atoms with E-state index < -0.39 is 0 Å². The third-order valence-electron chi connectivity index (χ3n) is 2.78. The summed E-state index contributed by atoms with van der Waals surface area (Å²) >= 11 is 2.27. The van der Waals surface area contributed by atoms with Gasteiger partial charge in [-0.2, -0.15) is 0 Å². The Hall–Kier alpha value is -1.17. The highest BCUT2D eigenvalue weighted by atomic mass is 127. The van der Waals surface area contributed by atoms with Crippen LogP contribution in [0.4, 0.5) is 5.82 Å². The van der Waals surface area contributed by atoms with Crippen molar-refractivity contribution in [1.29, 1.82) is 0 Å². The molecule has 2 rings (SSSR count). The Morgan fingerprint density at radius 1 is 1.32 bits per heavy atom. The number of aryl methyl sites for hydroxylation is 1. The number of rotatable bonds is 5. The van der Waals surface area contributed by atoms with Crippen LogP contribution in [0.15, 0.2) is 30.5 Å². The lowest BCUT2D eigenvalue weighted by atomic mass is 10.1. The van der Waals surface area contributed by atoms with Gasteiger partial charge in [-0.05, 0) is 41.5 Å². The minimum Gasteiger partial charge on any atom is -0.369 e. The van der Waals surface area contributed by atoms with Crippen molar-refractivity contribution in [2.45, 2.75) is 26.7 Å². The van der Waals surface area contributed by atoms with Crippen LogP contribution in [-0.4, -0.2) is 16.5 Å².